The fourth-order valence-corrected chi connectivity index (χ4v) is 2.17. The molecule has 0 saturated heterocycles. The molecule has 1 saturated carbocycles. The van der Waals surface area contributed by atoms with E-state index in [1.54, 1.807) is 12.3 Å². The van der Waals surface area contributed by atoms with Crippen LogP contribution in [0.5, 0.6) is 0 Å². The number of aromatic nitrogens is 1. The lowest BCUT2D eigenvalue weighted by Crippen LogP contribution is -2.61. The van der Waals surface area contributed by atoms with Crippen molar-refractivity contribution in [3.63, 3.8) is 0 Å². The molecule has 0 aromatic carbocycles. The Kier molecular flexibility index (Phi) is 3.49. The predicted molar refractivity (Wildman–Crippen MR) is 74.2 cm³/mol. The lowest BCUT2D eigenvalue weighted by molar-refractivity contribution is -0.0689. The van der Waals surface area contributed by atoms with Crippen molar-refractivity contribution in [1.82, 2.24) is 10.3 Å². The number of carbonyl (C=O) groups is 1. The van der Waals surface area contributed by atoms with E-state index < -0.39 is 0 Å². The molecule has 5 nitrogen and oxygen atoms in total. The molecule has 1 heterocycles. The van der Waals surface area contributed by atoms with E-state index in [9.17, 15) is 9.90 Å². The van der Waals surface area contributed by atoms with Crippen molar-refractivity contribution in [3.05, 3.63) is 23.9 Å². The number of aliphatic hydroxyl groups is 1. The molecule has 5 heteroatoms. The lowest BCUT2D eigenvalue weighted by Gasteiger charge is -2.49. The van der Waals surface area contributed by atoms with Gasteiger partial charge in [-0.05, 0) is 18.6 Å². The molecule has 1 aromatic heterocycles. The van der Waals surface area contributed by atoms with Gasteiger partial charge in [-0.2, -0.15) is 0 Å². The number of amides is 1. The molecule has 104 valence electrons. The van der Waals surface area contributed by atoms with E-state index >= 15 is 0 Å². The van der Waals surface area contributed by atoms with Crippen LogP contribution in [0.15, 0.2) is 18.3 Å². The van der Waals surface area contributed by atoms with Crippen molar-refractivity contribution < 1.29 is 9.90 Å². The zero-order valence-corrected chi connectivity index (χ0v) is 11.8. The summed E-state index contributed by atoms with van der Waals surface area (Å²) in [5, 5.41) is 12.6. The van der Waals surface area contributed by atoms with Crippen LogP contribution < -0.4 is 10.2 Å². The molecule has 1 aliphatic rings. The highest BCUT2D eigenvalue weighted by molar-refractivity contribution is 5.94. The summed E-state index contributed by atoms with van der Waals surface area (Å²) in [6.07, 6.45) is 1.85. The summed E-state index contributed by atoms with van der Waals surface area (Å²) in [5.74, 6) is 0.679. The molecule has 0 aliphatic heterocycles. The molecule has 1 aromatic rings. The maximum absolute atomic E-state index is 12.1. The quantitative estimate of drug-likeness (QED) is 0.855. The van der Waals surface area contributed by atoms with Crippen molar-refractivity contribution in [3.8, 4) is 0 Å². The molecule has 2 atom stereocenters. The number of hydrogen-bond acceptors (Lipinski definition) is 4. The van der Waals surface area contributed by atoms with E-state index in [1.165, 1.54) is 0 Å². The molecular formula is C14H21N3O2. The third-order valence-electron chi connectivity index (χ3n) is 3.99. The van der Waals surface area contributed by atoms with E-state index in [1.807, 2.05) is 38.9 Å². The first kappa shape index (κ1) is 13.8. The van der Waals surface area contributed by atoms with Gasteiger partial charge in [-0.25, -0.2) is 4.98 Å². The fraction of sp³-hybridized carbons (Fsp3) is 0.571. The molecular weight excluding hydrogens is 242 g/mol. The Morgan fingerprint density at radius 2 is 2.16 bits per heavy atom. The Labute approximate surface area is 113 Å². The summed E-state index contributed by atoms with van der Waals surface area (Å²) in [4.78, 5) is 18.2. The fourth-order valence-electron chi connectivity index (χ4n) is 2.17. The molecule has 2 unspecified atom stereocenters. The summed E-state index contributed by atoms with van der Waals surface area (Å²) in [5.41, 5.74) is 0.287. The Hall–Kier alpha value is -1.62. The first-order valence-corrected chi connectivity index (χ1v) is 6.44. The number of hydrogen-bond donors (Lipinski definition) is 2. The van der Waals surface area contributed by atoms with Gasteiger partial charge in [-0.1, -0.05) is 13.8 Å². The van der Waals surface area contributed by atoms with Gasteiger partial charge >= 0.3 is 0 Å². The number of rotatable bonds is 3. The van der Waals surface area contributed by atoms with Gasteiger partial charge < -0.3 is 15.3 Å². The van der Waals surface area contributed by atoms with Gasteiger partial charge in [0.25, 0.3) is 5.91 Å². The average molecular weight is 263 g/mol. The van der Waals surface area contributed by atoms with Gasteiger partial charge in [-0.3, -0.25) is 4.79 Å². The predicted octanol–water partition coefficient (Wildman–Crippen LogP) is 1.04. The van der Waals surface area contributed by atoms with E-state index in [-0.39, 0.29) is 23.5 Å². The second kappa shape index (κ2) is 4.81. The van der Waals surface area contributed by atoms with Gasteiger partial charge in [0.15, 0.2) is 0 Å². The number of nitrogens with zero attached hydrogens (tertiary/aromatic N) is 2. The van der Waals surface area contributed by atoms with E-state index in [0.29, 0.717) is 12.0 Å². The van der Waals surface area contributed by atoms with Crippen LogP contribution in [0.1, 0.15) is 30.6 Å². The summed E-state index contributed by atoms with van der Waals surface area (Å²) in [7, 11) is 3.81. The molecule has 0 radical (unpaired) electrons. The second-order valence-corrected chi connectivity index (χ2v) is 5.90. The highest BCUT2D eigenvalue weighted by Gasteiger charge is 2.47. The Morgan fingerprint density at radius 1 is 1.47 bits per heavy atom. The van der Waals surface area contributed by atoms with Crippen LogP contribution in [0.2, 0.25) is 0 Å². The van der Waals surface area contributed by atoms with Crippen molar-refractivity contribution in [1.29, 1.82) is 0 Å². The molecule has 2 rings (SSSR count). The maximum Gasteiger partial charge on any atom is 0.253 e. The van der Waals surface area contributed by atoms with Crippen molar-refractivity contribution in [2.24, 2.45) is 5.41 Å². The van der Waals surface area contributed by atoms with Crippen LogP contribution in [0, 0.1) is 5.41 Å². The third-order valence-corrected chi connectivity index (χ3v) is 3.99. The van der Waals surface area contributed by atoms with Crippen molar-refractivity contribution in [2.75, 3.05) is 19.0 Å². The monoisotopic (exact) mass is 263 g/mol. The summed E-state index contributed by atoms with van der Waals surface area (Å²) in [6.45, 7) is 3.92. The van der Waals surface area contributed by atoms with E-state index in [4.69, 9.17) is 0 Å². The van der Waals surface area contributed by atoms with Crippen molar-refractivity contribution >= 4 is 11.7 Å². The zero-order valence-electron chi connectivity index (χ0n) is 11.8. The third kappa shape index (κ3) is 2.56. The Bertz CT molecular complexity index is 468. The van der Waals surface area contributed by atoms with Crippen LogP contribution in [-0.4, -0.2) is 42.2 Å². The van der Waals surface area contributed by atoms with Crippen molar-refractivity contribution in [2.45, 2.75) is 32.4 Å². The smallest absolute Gasteiger partial charge is 0.253 e. The molecule has 1 amide bonds. The summed E-state index contributed by atoms with van der Waals surface area (Å²) >= 11 is 0. The van der Waals surface area contributed by atoms with Crippen LogP contribution in [-0.2, 0) is 0 Å². The second-order valence-electron chi connectivity index (χ2n) is 5.90. The van der Waals surface area contributed by atoms with Gasteiger partial charge in [0.05, 0.1) is 11.7 Å². The maximum atomic E-state index is 12.1. The molecule has 1 fully saturated rings. The normalized spacial score (nSPS) is 24.5. The van der Waals surface area contributed by atoms with Gasteiger partial charge in [0, 0.05) is 31.7 Å². The molecule has 0 bridgehead atoms. The van der Waals surface area contributed by atoms with E-state index in [2.05, 4.69) is 10.3 Å². The highest BCUT2D eigenvalue weighted by Crippen LogP contribution is 2.40. The summed E-state index contributed by atoms with van der Waals surface area (Å²) < 4.78 is 0. The first-order chi connectivity index (χ1) is 8.82. The van der Waals surface area contributed by atoms with Gasteiger partial charge in [0.1, 0.15) is 5.82 Å². The molecule has 0 spiro atoms. The number of pyridine rings is 1. The Balaban J connectivity index is 2.01. The summed E-state index contributed by atoms with van der Waals surface area (Å²) in [6, 6.07) is 3.60. The first-order valence-electron chi connectivity index (χ1n) is 6.44. The van der Waals surface area contributed by atoms with Gasteiger partial charge in [-0.15, -0.1) is 0 Å². The minimum Gasteiger partial charge on any atom is -0.392 e. The van der Waals surface area contributed by atoms with Crippen LogP contribution >= 0.6 is 0 Å². The standard InChI is InChI=1S/C14H21N3O2/c1-14(2)10(7-11(14)18)16-13(19)9-5-6-12(15-8-9)17(3)4/h5-6,8,10-11,18H,7H2,1-4H3,(H,16,19). The SMILES string of the molecule is CN(C)c1ccc(C(=O)NC2CC(O)C2(C)C)cn1. The number of nitrogens with one attached hydrogen (secondary N) is 1. The molecule has 2 N–H and O–H groups in total. The van der Waals surface area contributed by atoms with Crippen LogP contribution in [0.4, 0.5) is 5.82 Å². The molecule has 19 heavy (non-hydrogen) atoms. The van der Waals surface area contributed by atoms with Crippen LogP contribution in [0.3, 0.4) is 0 Å². The largest absolute Gasteiger partial charge is 0.392 e. The van der Waals surface area contributed by atoms with Gasteiger partial charge in [0.2, 0.25) is 0 Å². The minimum atomic E-state index is -0.341. The van der Waals surface area contributed by atoms with E-state index in [0.717, 1.165) is 5.82 Å². The minimum absolute atomic E-state index is 0.0172. The highest BCUT2D eigenvalue weighted by atomic mass is 16.3. The lowest BCUT2D eigenvalue weighted by atomic mass is 9.64. The topological polar surface area (TPSA) is 65.5 Å². The average Bonchev–Trinajstić information content (AvgIpc) is 2.38. The number of aliphatic hydroxyl groups excluding tert-OH is 1. The zero-order chi connectivity index (χ0) is 14.2. The number of carbonyl (C=O) groups excluding carboxylic acids is 1. The number of anilines is 1. The Morgan fingerprint density at radius 3 is 2.58 bits per heavy atom. The van der Waals surface area contributed by atoms with Crippen LogP contribution in [0.25, 0.3) is 0 Å². The molecule has 1 aliphatic carbocycles.